The SMILES string of the molecule is Cc1ccc(-n2nnc(C(=O)N(Cc3ccsc3)C3CC3)c2C)cc1. The fraction of sp³-hybridized carbons (Fsp3) is 0.316. The summed E-state index contributed by atoms with van der Waals surface area (Å²) in [6.45, 7) is 4.59. The van der Waals surface area contributed by atoms with Crippen molar-refractivity contribution >= 4 is 17.2 Å². The summed E-state index contributed by atoms with van der Waals surface area (Å²) >= 11 is 1.66. The van der Waals surface area contributed by atoms with E-state index in [0.717, 1.165) is 24.2 Å². The maximum absolute atomic E-state index is 13.1. The molecule has 0 bridgehead atoms. The molecule has 1 aliphatic rings. The fourth-order valence-electron chi connectivity index (χ4n) is 2.93. The minimum atomic E-state index is -0.0236. The van der Waals surface area contributed by atoms with Gasteiger partial charge in [-0.2, -0.15) is 11.3 Å². The van der Waals surface area contributed by atoms with Gasteiger partial charge in [-0.25, -0.2) is 4.68 Å². The molecule has 0 atom stereocenters. The van der Waals surface area contributed by atoms with Crippen molar-refractivity contribution in [1.29, 1.82) is 0 Å². The molecule has 1 aromatic carbocycles. The molecule has 0 aliphatic heterocycles. The summed E-state index contributed by atoms with van der Waals surface area (Å²) < 4.78 is 1.74. The molecule has 2 heterocycles. The number of thiophene rings is 1. The van der Waals surface area contributed by atoms with Crippen LogP contribution in [-0.2, 0) is 6.54 Å². The minimum Gasteiger partial charge on any atom is -0.330 e. The molecule has 1 aliphatic carbocycles. The number of hydrogen-bond acceptors (Lipinski definition) is 4. The predicted octanol–water partition coefficient (Wildman–Crippen LogP) is 3.75. The van der Waals surface area contributed by atoms with Crippen molar-refractivity contribution in [2.24, 2.45) is 0 Å². The Labute approximate surface area is 150 Å². The molecule has 4 rings (SSSR count). The third kappa shape index (κ3) is 3.22. The van der Waals surface area contributed by atoms with Gasteiger partial charge in [0.15, 0.2) is 5.69 Å². The topological polar surface area (TPSA) is 51.0 Å². The third-order valence-corrected chi connectivity index (χ3v) is 5.29. The smallest absolute Gasteiger partial charge is 0.276 e. The summed E-state index contributed by atoms with van der Waals surface area (Å²) in [5.41, 5.74) is 4.51. The quantitative estimate of drug-likeness (QED) is 0.703. The van der Waals surface area contributed by atoms with E-state index in [2.05, 4.69) is 21.8 Å². The summed E-state index contributed by atoms with van der Waals surface area (Å²) in [6.07, 6.45) is 2.14. The summed E-state index contributed by atoms with van der Waals surface area (Å²) in [4.78, 5) is 15.0. The normalized spacial score (nSPS) is 13.8. The van der Waals surface area contributed by atoms with Gasteiger partial charge in [-0.3, -0.25) is 4.79 Å². The van der Waals surface area contributed by atoms with Crippen LogP contribution < -0.4 is 0 Å². The van der Waals surface area contributed by atoms with E-state index in [1.165, 1.54) is 11.1 Å². The second-order valence-electron chi connectivity index (χ2n) is 6.57. The van der Waals surface area contributed by atoms with Gasteiger partial charge in [-0.05, 0) is 61.2 Å². The van der Waals surface area contributed by atoms with Crippen LogP contribution in [-0.4, -0.2) is 31.8 Å². The molecule has 0 spiro atoms. The molecule has 2 aromatic heterocycles. The van der Waals surface area contributed by atoms with Gasteiger partial charge >= 0.3 is 0 Å². The van der Waals surface area contributed by atoms with Gasteiger partial charge in [0.2, 0.25) is 0 Å². The van der Waals surface area contributed by atoms with Gasteiger partial charge in [0.1, 0.15) is 0 Å². The summed E-state index contributed by atoms with van der Waals surface area (Å²) in [6, 6.07) is 10.5. The average Bonchev–Trinajstić information content (AvgIpc) is 3.18. The molecule has 25 heavy (non-hydrogen) atoms. The van der Waals surface area contributed by atoms with Crippen molar-refractivity contribution in [3.63, 3.8) is 0 Å². The lowest BCUT2D eigenvalue weighted by Crippen LogP contribution is -2.33. The van der Waals surface area contributed by atoms with Crippen LogP contribution in [0, 0.1) is 13.8 Å². The highest BCUT2D eigenvalue weighted by Crippen LogP contribution is 2.30. The van der Waals surface area contributed by atoms with Crippen LogP contribution in [0.4, 0.5) is 0 Å². The second-order valence-corrected chi connectivity index (χ2v) is 7.35. The lowest BCUT2D eigenvalue weighted by molar-refractivity contribution is 0.0723. The zero-order valence-electron chi connectivity index (χ0n) is 14.3. The highest BCUT2D eigenvalue weighted by atomic mass is 32.1. The Morgan fingerprint density at radius 1 is 1.24 bits per heavy atom. The number of hydrogen-bond donors (Lipinski definition) is 0. The van der Waals surface area contributed by atoms with Crippen LogP contribution in [0.15, 0.2) is 41.1 Å². The van der Waals surface area contributed by atoms with Crippen molar-refractivity contribution in [2.45, 2.75) is 39.3 Å². The van der Waals surface area contributed by atoms with E-state index in [4.69, 9.17) is 0 Å². The first-order chi connectivity index (χ1) is 12.1. The number of aryl methyl sites for hydroxylation is 1. The number of amides is 1. The molecule has 3 aromatic rings. The van der Waals surface area contributed by atoms with E-state index >= 15 is 0 Å². The first kappa shape index (κ1) is 16.0. The van der Waals surface area contributed by atoms with Crippen LogP contribution in [0.2, 0.25) is 0 Å². The van der Waals surface area contributed by atoms with Crippen LogP contribution in [0.1, 0.15) is 40.2 Å². The molecule has 0 radical (unpaired) electrons. The highest BCUT2D eigenvalue weighted by Gasteiger charge is 2.35. The zero-order chi connectivity index (χ0) is 17.4. The zero-order valence-corrected chi connectivity index (χ0v) is 15.2. The number of aromatic nitrogens is 3. The molecule has 6 heteroatoms. The van der Waals surface area contributed by atoms with Crippen LogP contribution in [0.25, 0.3) is 5.69 Å². The molecule has 1 saturated carbocycles. The van der Waals surface area contributed by atoms with Gasteiger partial charge in [0, 0.05) is 12.6 Å². The van der Waals surface area contributed by atoms with E-state index in [1.54, 1.807) is 16.0 Å². The summed E-state index contributed by atoms with van der Waals surface area (Å²) in [5, 5.41) is 12.6. The van der Waals surface area contributed by atoms with Gasteiger partial charge in [-0.1, -0.05) is 22.9 Å². The van der Waals surface area contributed by atoms with Gasteiger partial charge in [0.25, 0.3) is 5.91 Å². The van der Waals surface area contributed by atoms with Crippen LogP contribution >= 0.6 is 11.3 Å². The molecule has 128 valence electrons. The van der Waals surface area contributed by atoms with E-state index in [9.17, 15) is 4.79 Å². The van der Waals surface area contributed by atoms with E-state index in [0.29, 0.717) is 18.3 Å². The fourth-order valence-corrected chi connectivity index (χ4v) is 3.59. The van der Waals surface area contributed by atoms with Crippen molar-refractivity contribution in [3.8, 4) is 5.69 Å². The first-order valence-electron chi connectivity index (χ1n) is 8.45. The maximum atomic E-state index is 13.1. The van der Waals surface area contributed by atoms with Crippen molar-refractivity contribution in [1.82, 2.24) is 19.9 Å². The Balaban J connectivity index is 1.62. The maximum Gasteiger partial charge on any atom is 0.276 e. The van der Waals surface area contributed by atoms with Crippen LogP contribution in [0.5, 0.6) is 0 Å². The lowest BCUT2D eigenvalue weighted by atomic mass is 10.2. The van der Waals surface area contributed by atoms with Crippen LogP contribution in [0.3, 0.4) is 0 Å². The largest absolute Gasteiger partial charge is 0.330 e. The molecule has 0 saturated heterocycles. The first-order valence-corrected chi connectivity index (χ1v) is 9.39. The molecular weight excluding hydrogens is 332 g/mol. The third-order valence-electron chi connectivity index (χ3n) is 4.56. The Hall–Kier alpha value is -2.47. The Bertz CT molecular complexity index is 879. The summed E-state index contributed by atoms with van der Waals surface area (Å²) in [7, 11) is 0. The van der Waals surface area contributed by atoms with Gasteiger partial charge in [-0.15, -0.1) is 5.10 Å². The van der Waals surface area contributed by atoms with E-state index in [-0.39, 0.29) is 5.91 Å². The van der Waals surface area contributed by atoms with Gasteiger partial charge < -0.3 is 4.90 Å². The molecule has 0 unspecified atom stereocenters. The van der Waals surface area contributed by atoms with Gasteiger partial charge in [0.05, 0.1) is 11.4 Å². The highest BCUT2D eigenvalue weighted by molar-refractivity contribution is 7.07. The predicted molar refractivity (Wildman–Crippen MR) is 98.0 cm³/mol. The number of carbonyl (C=O) groups excluding carboxylic acids is 1. The van der Waals surface area contributed by atoms with Crippen molar-refractivity contribution in [3.05, 3.63) is 63.6 Å². The summed E-state index contributed by atoms with van der Waals surface area (Å²) in [5.74, 6) is -0.0236. The lowest BCUT2D eigenvalue weighted by Gasteiger charge is -2.21. The molecule has 1 amide bonds. The van der Waals surface area contributed by atoms with Crippen molar-refractivity contribution in [2.75, 3.05) is 0 Å². The van der Waals surface area contributed by atoms with E-state index in [1.807, 2.05) is 48.4 Å². The number of carbonyl (C=O) groups is 1. The Kier molecular flexibility index (Phi) is 4.13. The molecule has 5 nitrogen and oxygen atoms in total. The second kappa shape index (κ2) is 6.44. The molecule has 1 fully saturated rings. The molecular formula is C19H20N4OS. The average molecular weight is 352 g/mol. The Morgan fingerprint density at radius 2 is 2.00 bits per heavy atom. The Morgan fingerprint density at radius 3 is 2.64 bits per heavy atom. The van der Waals surface area contributed by atoms with E-state index < -0.39 is 0 Å². The van der Waals surface area contributed by atoms with Crippen molar-refractivity contribution < 1.29 is 4.79 Å². The molecule has 0 N–H and O–H groups in total. The number of rotatable bonds is 5. The minimum absolute atomic E-state index is 0.0236. The standard InChI is InChI=1S/C19H20N4OS/c1-13-3-5-17(6-4-13)23-14(2)18(20-21-23)19(24)22(16-7-8-16)11-15-9-10-25-12-15/h3-6,9-10,12,16H,7-8,11H2,1-2H3. The number of benzene rings is 1. The number of nitrogens with zero attached hydrogens (tertiary/aromatic N) is 4. The monoisotopic (exact) mass is 352 g/mol.